The van der Waals surface area contributed by atoms with Gasteiger partial charge >= 0.3 is 5.97 Å². The van der Waals surface area contributed by atoms with Crippen molar-refractivity contribution in [3.05, 3.63) is 70.8 Å². The molecule has 0 aliphatic rings. The highest BCUT2D eigenvalue weighted by Crippen LogP contribution is 2.22. The van der Waals surface area contributed by atoms with E-state index in [1.165, 1.54) is 24.3 Å². The van der Waals surface area contributed by atoms with E-state index in [2.05, 4.69) is 27.4 Å². The van der Waals surface area contributed by atoms with E-state index in [0.29, 0.717) is 28.6 Å². The van der Waals surface area contributed by atoms with Crippen LogP contribution in [0.3, 0.4) is 0 Å². The van der Waals surface area contributed by atoms with Crippen LogP contribution in [0.15, 0.2) is 70.9 Å². The zero-order valence-electron chi connectivity index (χ0n) is 15.6. The number of rotatable bonds is 8. The van der Waals surface area contributed by atoms with Gasteiger partial charge in [0.15, 0.2) is 5.11 Å². The molecule has 10 heteroatoms. The van der Waals surface area contributed by atoms with E-state index in [0.717, 1.165) is 5.69 Å². The quantitative estimate of drug-likeness (QED) is 0.125. The van der Waals surface area contributed by atoms with Crippen molar-refractivity contribution in [2.24, 2.45) is 10.2 Å². The molecule has 0 amide bonds. The molecule has 2 rings (SSSR count). The molecule has 0 bridgehead atoms. The van der Waals surface area contributed by atoms with Gasteiger partial charge in [-0.05, 0) is 55.5 Å². The molecule has 0 unspecified atom stereocenters. The second-order valence-corrected chi connectivity index (χ2v) is 6.23. The van der Waals surface area contributed by atoms with Gasteiger partial charge in [0, 0.05) is 23.4 Å². The molecule has 0 atom stereocenters. The molecule has 0 aliphatic carbocycles. The molecule has 150 valence electrons. The van der Waals surface area contributed by atoms with Crippen molar-refractivity contribution in [3.63, 3.8) is 0 Å². The van der Waals surface area contributed by atoms with Gasteiger partial charge in [-0.3, -0.25) is 10.1 Å². The van der Waals surface area contributed by atoms with Crippen LogP contribution in [0, 0.1) is 10.1 Å². The third-order valence-corrected chi connectivity index (χ3v) is 3.68. The van der Waals surface area contributed by atoms with E-state index in [4.69, 9.17) is 17.0 Å². The lowest BCUT2D eigenvalue weighted by Gasteiger charge is -2.11. The number of anilines is 1. The van der Waals surface area contributed by atoms with Crippen LogP contribution in [0.4, 0.5) is 22.7 Å². The van der Waals surface area contributed by atoms with E-state index < -0.39 is 10.9 Å². The highest BCUT2D eigenvalue weighted by atomic mass is 32.1. The number of nitro benzene ring substituents is 1. The molecular formula is C19H19N5O4S. The smallest absolute Gasteiger partial charge is 0.333 e. The first-order valence-corrected chi connectivity index (χ1v) is 8.90. The molecule has 0 aliphatic heterocycles. The monoisotopic (exact) mass is 413 g/mol. The third-order valence-electron chi connectivity index (χ3n) is 3.44. The van der Waals surface area contributed by atoms with Crippen molar-refractivity contribution in [1.82, 2.24) is 5.32 Å². The summed E-state index contributed by atoms with van der Waals surface area (Å²) in [7, 11) is 0. The number of nitrogens with zero attached hydrogens (tertiary/aromatic N) is 3. The molecule has 0 aromatic heterocycles. The van der Waals surface area contributed by atoms with Crippen molar-refractivity contribution in [2.75, 3.05) is 18.5 Å². The molecule has 2 aromatic carbocycles. The van der Waals surface area contributed by atoms with Crippen LogP contribution in [-0.4, -0.2) is 29.2 Å². The Morgan fingerprint density at radius 1 is 1.14 bits per heavy atom. The maximum Gasteiger partial charge on any atom is 0.333 e. The average Bonchev–Trinajstić information content (AvgIpc) is 2.70. The summed E-state index contributed by atoms with van der Waals surface area (Å²) in [5, 5.41) is 25.1. The minimum Gasteiger partial charge on any atom is -0.460 e. The average molecular weight is 413 g/mol. The van der Waals surface area contributed by atoms with Gasteiger partial charge in [-0.15, -0.1) is 0 Å². The Hall–Kier alpha value is -3.66. The summed E-state index contributed by atoms with van der Waals surface area (Å²) in [6.07, 6.45) is 0. The number of hydrogen-bond acceptors (Lipinski definition) is 7. The van der Waals surface area contributed by atoms with Crippen LogP contribution in [0.2, 0.25) is 0 Å². The van der Waals surface area contributed by atoms with Crippen LogP contribution < -0.4 is 10.6 Å². The number of esters is 1. The summed E-state index contributed by atoms with van der Waals surface area (Å²) >= 11 is 5.17. The number of hydrogen-bond donors (Lipinski definition) is 2. The first-order chi connectivity index (χ1) is 13.8. The second kappa shape index (κ2) is 10.6. The fourth-order valence-electron chi connectivity index (χ4n) is 1.97. The molecule has 2 aromatic rings. The Bertz CT molecular complexity index is 927. The van der Waals surface area contributed by atoms with Crippen molar-refractivity contribution < 1.29 is 14.5 Å². The van der Waals surface area contributed by atoms with E-state index >= 15 is 0 Å². The van der Waals surface area contributed by atoms with Gasteiger partial charge in [-0.2, -0.15) is 10.2 Å². The summed E-state index contributed by atoms with van der Waals surface area (Å²) in [5.74, 6) is -0.441. The number of carbonyl (C=O) groups is 1. The number of ether oxygens (including phenoxy) is 1. The SMILES string of the molecule is C=C(C)C(=O)OCCNC(=S)Nc1ccc(N=Nc2ccc([N+](=O)[O-])cc2)cc1. The molecule has 0 radical (unpaired) electrons. The standard InChI is InChI=1S/C19H19N5O4S/c1-13(2)18(25)28-12-11-20-19(29)21-14-3-5-15(6-4-14)22-23-16-7-9-17(10-8-16)24(26)27/h3-10H,1,11-12H2,2H3,(H2,20,21,29). The maximum absolute atomic E-state index is 11.3. The molecule has 9 nitrogen and oxygen atoms in total. The first-order valence-electron chi connectivity index (χ1n) is 8.49. The number of nitro groups is 1. The molecule has 2 N–H and O–H groups in total. The van der Waals surface area contributed by atoms with Crippen molar-refractivity contribution in [3.8, 4) is 0 Å². The summed E-state index contributed by atoms with van der Waals surface area (Å²) < 4.78 is 4.96. The van der Waals surface area contributed by atoms with E-state index in [1.807, 2.05) is 0 Å². The second-order valence-electron chi connectivity index (χ2n) is 5.82. The van der Waals surface area contributed by atoms with Crippen LogP contribution in [0.25, 0.3) is 0 Å². The van der Waals surface area contributed by atoms with E-state index in [-0.39, 0.29) is 12.3 Å². The fourth-order valence-corrected chi connectivity index (χ4v) is 2.19. The first kappa shape index (κ1) is 21.6. The van der Waals surface area contributed by atoms with Gasteiger partial charge in [0.2, 0.25) is 0 Å². The number of non-ortho nitro benzene ring substituents is 1. The predicted molar refractivity (Wildman–Crippen MR) is 114 cm³/mol. The van der Waals surface area contributed by atoms with Gasteiger partial charge in [0.25, 0.3) is 5.69 Å². The summed E-state index contributed by atoms with van der Waals surface area (Å²) in [6, 6.07) is 12.8. The Kier molecular flexibility index (Phi) is 7.92. The lowest BCUT2D eigenvalue weighted by atomic mass is 10.3. The van der Waals surface area contributed by atoms with Gasteiger partial charge in [0.1, 0.15) is 6.61 Å². The Balaban J connectivity index is 1.80. The minimum absolute atomic E-state index is 0.00191. The fraction of sp³-hybridized carbons (Fsp3) is 0.158. The number of carbonyl (C=O) groups excluding carboxylic acids is 1. The molecule has 0 saturated heterocycles. The van der Waals surface area contributed by atoms with Crippen molar-refractivity contribution >= 4 is 46.0 Å². The van der Waals surface area contributed by atoms with Gasteiger partial charge in [-0.1, -0.05) is 6.58 Å². The minimum atomic E-state index is -0.472. The van der Waals surface area contributed by atoms with E-state index in [1.54, 1.807) is 31.2 Å². The zero-order valence-corrected chi connectivity index (χ0v) is 16.4. The highest BCUT2D eigenvalue weighted by molar-refractivity contribution is 7.80. The van der Waals surface area contributed by atoms with Crippen LogP contribution in [-0.2, 0) is 9.53 Å². The number of azo groups is 1. The molecule has 29 heavy (non-hydrogen) atoms. The molecule has 0 saturated carbocycles. The lowest BCUT2D eigenvalue weighted by molar-refractivity contribution is -0.384. The normalized spacial score (nSPS) is 10.4. The Labute approximate surface area is 172 Å². The predicted octanol–water partition coefficient (Wildman–Crippen LogP) is 4.42. The summed E-state index contributed by atoms with van der Waals surface area (Å²) in [5.41, 5.74) is 2.21. The van der Waals surface area contributed by atoms with E-state index in [9.17, 15) is 14.9 Å². The van der Waals surface area contributed by atoms with Crippen LogP contribution >= 0.6 is 12.2 Å². The third kappa shape index (κ3) is 7.46. The van der Waals surface area contributed by atoms with Crippen LogP contribution in [0.5, 0.6) is 0 Å². The van der Waals surface area contributed by atoms with Crippen molar-refractivity contribution in [2.45, 2.75) is 6.92 Å². The Morgan fingerprint density at radius 2 is 1.69 bits per heavy atom. The molecule has 0 spiro atoms. The zero-order chi connectivity index (χ0) is 21.2. The van der Waals surface area contributed by atoms with Gasteiger partial charge in [0.05, 0.1) is 22.8 Å². The van der Waals surface area contributed by atoms with Crippen LogP contribution in [0.1, 0.15) is 6.92 Å². The summed E-state index contributed by atoms with van der Waals surface area (Å²) in [6.45, 7) is 5.62. The molecule has 0 heterocycles. The Morgan fingerprint density at radius 3 is 2.21 bits per heavy atom. The molecular weight excluding hydrogens is 394 g/mol. The van der Waals surface area contributed by atoms with Gasteiger partial charge in [-0.25, -0.2) is 4.79 Å². The number of benzene rings is 2. The highest BCUT2D eigenvalue weighted by Gasteiger charge is 2.04. The van der Waals surface area contributed by atoms with Crippen molar-refractivity contribution in [1.29, 1.82) is 0 Å². The summed E-state index contributed by atoms with van der Waals surface area (Å²) in [4.78, 5) is 21.4. The van der Waals surface area contributed by atoms with Gasteiger partial charge < -0.3 is 15.4 Å². The maximum atomic E-state index is 11.3. The lowest BCUT2D eigenvalue weighted by Crippen LogP contribution is -2.31. The topological polar surface area (TPSA) is 118 Å². The largest absolute Gasteiger partial charge is 0.460 e. The number of nitrogens with one attached hydrogen (secondary N) is 2. The number of thiocarbonyl (C=S) groups is 1. The molecule has 0 fully saturated rings.